The van der Waals surface area contributed by atoms with Gasteiger partial charge in [-0.05, 0) is 67.6 Å². The Balaban J connectivity index is 1.49. The van der Waals surface area contributed by atoms with E-state index in [0.717, 1.165) is 24.6 Å². The number of anilines is 3. The third-order valence-corrected chi connectivity index (χ3v) is 4.92. The molecule has 0 unspecified atom stereocenters. The highest BCUT2D eigenvalue weighted by molar-refractivity contribution is 6.08. The molecule has 0 spiro atoms. The minimum Gasteiger partial charge on any atom is -0.372 e. The molecule has 142 valence electrons. The Morgan fingerprint density at radius 2 is 1.59 bits per heavy atom. The average molecular weight is 365 g/mol. The van der Waals surface area contributed by atoms with Gasteiger partial charge >= 0.3 is 0 Å². The SMILES string of the molecule is Cc1cccc(NC(=O)CC(=O)Nc2ccc(N3CCC(C)CC3)cc2)c1. The van der Waals surface area contributed by atoms with E-state index in [-0.39, 0.29) is 18.2 Å². The highest BCUT2D eigenvalue weighted by Crippen LogP contribution is 2.24. The summed E-state index contributed by atoms with van der Waals surface area (Å²) < 4.78 is 0. The van der Waals surface area contributed by atoms with E-state index in [1.54, 1.807) is 0 Å². The van der Waals surface area contributed by atoms with E-state index < -0.39 is 0 Å². The van der Waals surface area contributed by atoms with Crippen molar-refractivity contribution in [1.29, 1.82) is 0 Å². The van der Waals surface area contributed by atoms with Crippen molar-refractivity contribution in [3.05, 3.63) is 54.1 Å². The fourth-order valence-electron chi connectivity index (χ4n) is 3.30. The summed E-state index contributed by atoms with van der Waals surface area (Å²) in [5, 5.41) is 5.54. The molecule has 0 aliphatic carbocycles. The van der Waals surface area contributed by atoms with Crippen molar-refractivity contribution in [3.8, 4) is 0 Å². The van der Waals surface area contributed by atoms with E-state index in [4.69, 9.17) is 0 Å². The Hall–Kier alpha value is -2.82. The molecule has 1 aliphatic heterocycles. The van der Waals surface area contributed by atoms with E-state index in [9.17, 15) is 9.59 Å². The van der Waals surface area contributed by atoms with Crippen molar-refractivity contribution in [3.63, 3.8) is 0 Å². The third kappa shape index (κ3) is 5.58. The number of carbonyl (C=O) groups excluding carboxylic acids is 2. The summed E-state index contributed by atoms with van der Waals surface area (Å²) in [6.07, 6.45) is 2.22. The molecule has 27 heavy (non-hydrogen) atoms. The van der Waals surface area contributed by atoms with Crippen LogP contribution in [0.2, 0.25) is 0 Å². The molecule has 5 nitrogen and oxygen atoms in total. The van der Waals surface area contributed by atoms with Crippen LogP contribution in [0.25, 0.3) is 0 Å². The first-order valence-electron chi connectivity index (χ1n) is 9.51. The second kappa shape index (κ2) is 8.71. The molecule has 1 aliphatic rings. The van der Waals surface area contributed by atoms with Crippen molar-refractivity contribution in [2.24, 2.45) is 5.92 Å². The van der Waals surface area contributed by atoms with E-state index >= 15 is 0 Å². The first-order valence-corrected chi connectivity index (χ1v) is 9.51. The van der Waals surface area contributed by atoms with Gasteiger partial charge in [-0.2, -0.15) is 0 Å². The minimum absolute atomic E-state index is 0.209. The molecular formula is C22H27N3O2. The average Bonchev–Trinajstić information content (AvgIpc) is 2.63. The van der Waals surface area contributed by atoms with E-state index in [1.165, 1.54) is 18.5 Å². The Morgan fingerprint density at radius 3 is 2.22 bits per heavy atom. The lowest BCUT2D eigenvalue weighted by Crippen LogP contribution is -2.32. The summed E-state index contributed by atoms with van der Waals surface area (Å²) in [5.74, 6) is 0.155. The number of benzene rings is 2. The van der Waals surface area contributed by atoms with Crippen LogP contribution >= 0.6 is 0 Å². The number of nitrogens with zero attached hydrogens (tertiary/aromatic N) is 1. The zero-order chi connectivity index (χ0) is 19.2. The Morgan fingerprint density at radius 1 is 0.963 bits per heavy atom. The summed E-state index contributed by atoms with van der Waals surface area (Å²) in [4.78, 5) is 26.5. The highest BCUT2D eigenvalue weighted by Gasteiger charge is 2.16. The van der Waals surface area contributed by atoms with Crippen LogP contribution in [0.1, 0.15) is 31.7 Å². The fourth-order valence-corrected chi connectivity index (χ4v) is 3.30. The second-order valence-electron chi connectivity index (χ2n) is 7.36. The number of carbonyl (C=O) groups is 2. The van der Waals surface area contributed by atoms with Crippen LogP contribution < -0.4 is 15.5 Å². The summed E-state index contributed by atoms with van der Waals surface area (Å²) in [5.41, 5.74) is 3.64. The second-order valence-corrected chi connectivity index (χ2v) is 7.36. The monoisotopic (exact) mass is 365 g/mol. The molecule has 5 heteroatoms. The summed E-state index contributed by atoms with van der Waals surface area (Å²) in [6.45, 7) is 6.40. The van der Waals surface area contributed by atoms with Gasteiger partial charge in [-0.1, -0.05) is 19.1 Å². The molecule has 2 aromatic rings. The molecule has 0 saturated carbocycles. The predicted octanol–water partition coefficient (Wildman–Crippen LogP) is 4.20. The van der Waals surface area contributed by atoms with Gasteiger partial charge in [0, 0.05) is 30.2 Å². The zero-order valence-corrected chi connectivity index (χ0v) is 16.0. The van der Waals surface area contributed by atoms with Gasteiger partial charge in [0.2, 0.25) is 11.8 Å². The van der Waals surface area contributed by atoms with E-state index in [2.05, 4.69) is 22.5 Å². The molecule has 0 bridgehead atoms. The fraction of sp³-hybridized carbons (Fsp3) is 0.364. The molecule has 2 N–H and O–H groups in total. The molecular weight excluding hydrogens is 338 g/mol. The van der Waals surface area contributed by atoms with Crippen LogP contribution in [-0.2, 0) is 9.59 Å². The number of rotatable bonds is 5. The first kappa shape index (κ1) is 19.0. The van der Waals surface area contributed by atoms with Crippen LogP contribution in [0.5, 0.6) is 0 Å². The van der Waals surface area contributed by atoms with Crippen LogP contribution in [0.3, 0.4) is 0 Å². The van der Waals surface area contributed by atoms with Crippen molar-refractivity contribution in [1.82, 2.24) is 0 Å². The van der Waals surface area contributed by atoms with Gasteiger partial charge in [0.25, 0.3) is 0 Å². The smallest absolute Gasteiger partial charge is 0.233 e. The van der Waals surface area contributed by atoms with Gasteiger partial charge in [0.1, 0.15) is 6.42 Å². The molecule has 0 atom stereocenters. The maximum absolute atomic E-state index is 12.1. The number of hydrogen-bond acceptors (Lipinski definition) is 3. The molecule has 1 fully saturated rings. The predicted molar refractivity (Wildman–Crippen MR) is 110 cm³/mol. The van der Waals surface area contributed by atoms with Crippen molar-refractivity contribution in [2.45, 2.75) is 33.1 Å². The zero-order valence-electron chi connectivity index (χ0n) is 16.0. The first-order chi connectivity index (χ1) is 13.0. The lowest BCUT2D eigenvalue weighted by Gasteiger charge is -2.32. The Labute approximate surface area is 160 Å². The molecule has 0 aromatic heterocycles. The van der Waals surface area contributed by atoms with Gasteiger partial charge in [-0.25, -0.2) is 0 Å². The molecule has 2 amide bonds. The maximum Gasteiger partial charge on any atom is 0.233 e. The van der Waals surface area contributed by atoms with Crippen LogP contribution in [-0.4, -0.2) is 24.9 Å². The number of piperidine rings is 1. The molecule has 3 rings (SSSR count). The van der Waals surface area contributed by atoms with Crippen LogP contribution in [0, 0.1) is 12.8 Å². The van der Waals surface area contributed by atoms with Crippen LogP contribution in [0.15, 0.2) is 48.5 Å². The molecule has 1 heterocycles. The van der Waals surface area contributed by atoms with Gasteiger partial charge < -0.3 is 15.5 Å². The molecule has 2 aromatic carbocycles. The molecule has 0 radical (unpaired) electrons. The Bertz CT molecular complexity index is 793. The summed E-state index contributed by atoms with van der Waals surface area (Å²) in [7, 11) is 0. The van der Waals surface area contributed by atoms with E-state index in [1.807, 2.05) is 55.5 Å². The summed E-state index contributed by atoms with van der Waals surface area (Å²) >= 11 is 0. The molecule has 1 saturated heterocycles. The third-order valence-electron chi connectivity index (χ3n) is 4.92. The highest BCUT2D eigenvalue weighted by atomic mass is 16.2. The topological polar surface area (TPSA) is 61.4 Å². The number of aryl methyl sites for hydroxylation is 1. The summed E-state index contributed by atoms with van der Waals surface area (Å²) in [6, 6.07) is 15.3. The number of hydrogen-bond donors (Lipinski definition) is 2. The quantitative estimate of drug-likeness (QED) is 0.781. The Kier molecular flexibility index (Phi) is 6.12. The van der Waals surface area contributed by atoms with Crippen molar-refractivity contribution in [2.75, 3.05) is 28.6 Å². The number of amides is 2. The minimum atomic E-state index is -0.322. The lowest BCUT2D eigenvalue weighted by atomic mass is 9.99. The van der Waals surface area contributed by atoms with Crippen LogP contribution in [0.4, 0.5) is 17.1 Å². The van der Waals surface area contributed by atoms with Gasteiger partial charge in [0.15, 0.2) is 0 Å². The van der Waals surface area contributed by atoms with Crippen molar-refractivity contribution >= 4 is 28.9 Å². The largest absolute Gasteiger partial charge is 0.372 e. The van der Waals surface area contributed by atoms with E-state index in [0.29, 0.717) is 11.4 Å². The lowest BCUT2D eigenvalue weighted by molar-refractivity contribution is -0.123. The number of nitrogens with one attached hydrogen (secondary N) is 2. The standard InChI is InChI=1S/C22H27N3O2/c1-16-10-12-25(13-11-16)20-8-6-18(7-9-20)23-21(26)15-22(27)24-19-5-3-4-17(2)14-19/h3-9,14,16H,10-13,15H2,1-2H3,(H,23,26)(H,24,27). The van der Waals surface area contributed by atoms with Gasteiger partial charge in [0.05, 0.1) is 0 Å². The van der Waals surface area contributed by atoms with Gasteiger partial charge in [-0.3, -0.25) is 9.59 Å². The maximum atomic E-state index is 12.1. The van der Waals surface area contributed by atoms with Crippen molar-refractivity contribution < 1.29 is 9.59 Å². The van der Waals surface area contributed by atoms with Gasteiger partial charge in [-0.15, -0.1) is 0 Å². The normalized spacial score (nSPS) is 14.7.